The minimum atomic E-state index is 0.712. The number of fused-ring (bicyclic) bond motifs is 1. The molecule has 31 heavy (non-hydrogen) atoms. The zero-order valence-corrected chi connectivity index (χ0v) is 18.2. The van der Waals surface area contributed by atoms with Crippen LogP contribution in [0.1, 0.15) is 16.8 Å². The first-order valence-electron chi connectivity index (χ1n) is 10.1. The van der Waals surface area contributed by atoms with Gasteiger partial charge in [-0.05, 0) is 61.4 Å². The van der Waals surface area contributed by atoms with E-state index in [9.17, 15) is 0 Å². The molecule has 0 saturated carbocycles. The highest BCUT2D eigenvalue weighted by Gasteiger charge is 2.17. The van der Waals surface area contributed by atoms with Crippen LogP contribution in [0.2, 0.25) is 0 Å². The predicted molar refractivity (Wildman–Crippen MR) is 125 cm³/mol. The molecule has 0 aliphatic heterocycles. The number of benzene rings is 2. The Bertz CT molecular complexity index is 1360. The highest BCUT2D eigenvalue weighted by Crippen LogP contribution is 2.30. The number of hydrogen-bond acceptors (Lipinski definition) is 5. The van der Waals surface area contributed by atoms with Crippen LogP contribution in [0.3, 0.4) is 0 Å². The smallest absolute Gasteiger partial charge is 0.196 e. The van der Waals surface area contributed by atoms with Gasteiger partial charge in [-0.15, -0.1) is 10.2 Å². The van der Waals surface area contributed by atoms with E-state index in [-0.39, 0.29) is 0 Å². The third-order valence-corrected chi connectivity index (χ3v) is 6.29. The lowest BCUT2D eigenvalue weighted by Crippen LogP contribution is -2.01. The molecule has 0 unspecified atom stereocenters. The second kappa shape index (κ2) is 8.32. The second-order valence-electron chi connectivity index (χ2n) is 7.43. The minimum absolute atomic E-state index is 0.712. The predicted octanol–water partition coefficient (Wildman–Crippen LogP) is 5.79. The topological polar surface area (TPSA) is 56.5 Å². The molecule has 0 aliphatic carbocycles. The largest absolute Gasteiger partial charge is 0.270 e. The maximum atomic E-state index is 4.80. The average Bonchev–Trinajstić information content (AvgIpc) is 3.24. The number of para-hydroxylation sites is 1. The van der Waals surface area contributed by atoms with Crippen molar-refractivity contribution in [3.63, 3.8) is 0 Å². The molecule has 5 rings (SSSR count). The zero-order chi connectivity index (χ0) is 21.2. The fourth-order valence-corrected chi connectivity index (χ4v) is 4.33. The third kappa shape index (κ3) is 3.94. The first-order chi connectivity index (χ1) is 15.2. The van der Waals surface area contributed by atoms with Crippen molar-refractivity contribution in [3.05, 3.63) is 95.9 Å². The van der Waals surface area contributed by atoms with Crippen LogP contribution in [0.15, 0.2) is 84.3 Å². The third-order valence-electron chi connectivity index (χ3n) is 5.33. The molecule has 0 amide bonds. The average molecular weight is 424 g/mol. The molecule has 0 aliphatic rings. The van der Waals surface area contributed by atoms with E-state index in [4.69, 9.17) is 4.98 Å². The Labute approximate surface area is 185 Å². The van der Waals surface area contributed by atoms with Crippen molar-refractivity contribution in [1.29, 1.82) is 0 Å². The SMILES string of the molecule is Cc1ccc(-n2c(SCc3ccc4ccccc4n3)nnc2-c2ccncc2)cc1C. The van der Waals surface area contributed by atoms with Crippen LogP contribution in [0.5, 0.6) is 0 Å². The summed E-state index contributed by atoms with van der Waals surface area (Å²) in [7, 11) is 0. The molecule has 0 radical (unpaired) electrons. The zero-order valence-electron chi connectivity index (χ0n) is 17.4. The van der Waals surface area contributed by atoms with Gasteiger partial charge in [0.2, 0.25) is 0 Å². The summed E-state index contributed by atoms with van der Waals surface area (Å²) in [4.78, 5) is 8.93. The molecule has 0 spiro atoms. The van der Waals surface area contributed by atoms with Crippen LogP contribution in [0, 0.1) is 13.8 Å². The van der Waals surface area contributed by atoms with E-state index in [2.05, 4.69) is 70.0 Å². The lowest BCUT2D eigenvalue weighted by molar-refractivity contribution is 0.883. The second-order valence-corrected chi connectivity index (χ2v) is 8.37. The van der Waals surface area contributed by atoms with Gasteiger partial charge in [0.15, 0.2) is 11.0 Å². The molecule has 5 nitrogen and oxygen atoms in total. The number of pyridine rings is 2. The number of rotatable bonds is 5. The first kappa shape index (κ1) is 19.5. The van der Waals surface area contributed by atoms with E-state index in [1.54, 1.807) is 24.2 Å². The van der Waals surface area contributed by atoms with Gasteiger partial charge in [0, 0.05) is 29.1 Å². The molecule has 3 aromatic heterocycles. The molecule has 0 N–H and O–H groups in total. The van der Waals surface area contributed by atoms with Gasteiger partial charge < -0.3 is 0 Å². The number of nitrogens with zero attached hydrogens (tertiary/aromatic N) is 5. The van der Waals surface area contributed by atoms with Crippen molar-refractivity contribution in [2.45, 2.75) is 24.8 Å². The highest BCUT2D eigenvalue weighted by atomic mass is 32.2. The van der Waals surface area contributed by atoms with Gasteiger partial charge in [-0.2, -0.15) is 0 Å². The van der Waals surface area contributed by atoms with Crippen molar-refractivity contribution < 1.29 is 0 Å². The van der Waals surface area contributed by atoms with Gasteiger partial charge in [0.1, 0.15) is 0 Å². The maximum absolute atomic E-state index is 4.80. The van der Waals surface area contributed by atoms with Crippen LogP contribution in [-0.2, 0) is 5.75 Å². The summed E-state index contributed by atoms with van der Waals surface area (Å²) in [6, 6.07) is 22.7. The highest BCUT2D eigenvalue weighted by molar-refractivity contribution is 7.98. The summed E-state index contributed by atoms with van der Waals surface area (Å²) in [6.45, 7) is 4.25. The van der Waals surface area contributed by atoms with Crippen molar-refractivity contribution in [2.75, 3.05) is 0 Å². The van der Waals surface area contributed by atoms with Crippen LogP contribution >= 0.6 is 11.8 Å². The fourth-order valence-electron chi connectivity index (χ4n) is 3.48. The number of aromatic nitrogens is 5. The Morgan fingerprint density at radius 2 is 1.68 bits per heavy atom. The van der Waals surface area contributed by atoms with Gasteiger partial charge in [-0.25, -0.2) is 0 Å². The fraction of sp³-hybridized carbons (Fsp3) is 0.120. The summed E-state index contributed by atoms with van der Waals surface area (Å²) >= 11 is 1.64. The summed E-state index contributed by atoms with van der Waals surface area (Å²) in [5.74, 6) is 1.52. The molecule has 0 bridgehead atoms. The van der Waals surface area contributed by atoms with Crippen LogP contribution < -0.4 is 0 Å². The van der Waals surface area contributed by atoms with E-state index >= 15 is 0 Å². The van der Waals surface area contributed by atoms with Gasteiger partial charge >= 0.3 is 0 Å². The number of aryl methyl sites for hydroxylation is 2. The van der Waals surface area contributed by atoms with Crippen molar-refractivity contribution in [2.24, 2.45) is 0 Å². The Balaban J connectivity index is 1.53. The van der Waals surface area contributed by atoms with Crippen molar-refractivity contribution in [3.8, 4) is 17.1 Å². The van der Waals surface area contributed by atoms with Crippen LogP contribution in [0.25, 0.3) is 28.0 Å². The normalized spacial score (nSPS) is 11.2. The number of hydrogen-bond donors (Lipinski definition) is 0. The van der Waals surface area contributed by atoms with E-state index in [0.29, 0.717) is 5.75 Å². The lowest BCUT2D eigenvalue weighted by atomic mass is 10.1. The van der Waals surface area contributed by atoms with E-state index in [0.717, 1.165) is 38.8 Å². The Morgan fingerprint density at radius 3 is 2.52 bits per heavy atom. The summed E-state index contributed by atoms with van der Waals surface area (Å²) in [5.41, 5.74) is 6.55. The van der Waals surface area contributed by atoms with E-state index in [1.807, 2.05) is 30.3 Å². The summed E-state index contributed by atoms with van der Waals surface area (Å²) in [5, 5.41) is 11.0. The summed E-state index contributed by atoms with van der Waals surface area (Å²) in [6.07, 6.45) is 3.56. The molecule has 6 heteroatoms. The van der Waals surface area contributed by atoms with Crippen molar-refractivity contribution >= 4 is 22.7 Å². The Morgan fingerprint density at radius 1 is 0.839 bits per heavy atom. The Hall–Kier alpha value is -3.51. The number of thioether (sulfide) groups is 1. The molecule has 2 aromatic carbocycles. The molecule has 3 heterocycles. The standard InChI is InChI=1S/C25H21N5S/c1-17-7-10-22(15-18(17)2)30-24(20-11-13-26-14-12-20)28-29-25(30)31-16-21-9-8-19-5-3-4-6-23(19)27-21/h3-15H,16H2,1-2H3. The van der Waals surface area contributed by atoms with Crippen LogP contribution in [0.4, 0.5) is 0 Å². The van der Waals surface area contributed by atoms with E-state index < -0.39 is 0 Å². The molecule has 5 aromatic rings. The molecule has 0 fully saturated rings. The molecule has 152 valence electrons. The van der Waals surface area contributed by atoms with Gasteiger partial charge in [0.25, 0.3) is 0 Å². The van der Waals surface area contributed by atoms with Crippen LogP contribution in [-0.4, -0.2) is 24.7 Å². The lowest BCUT2D eigenvalue weighted by Gasteiger charge is -2.12. The van der Waals surface area contributed by atoms with Gasteiger partial charge in [-0.1, -0.05) is 42.1 Å². The van der Waals surface area contributed by atoms with Gasteiger partial charge in [-0.3, -0.25) is 14.5 Å². The Kier molecular flexibility index (Phi) is 5.22. The first-order valence-corrected chi connectivity index (χ1v) is 11.1. The quantitative estimate of drug-likeness (QED) is 0.335. The maximum Gasteiger partial charge on any atom is 0.196 e. The monoisotopic (exact) mass is 423 g/mol. The van der Waals surface area contributed by atoms with Gasteiger partial charge in [0.05, 0.1) is 16.9 Å². The minimum Gasteiger partial charge on any atom is -0.270 e. The molecule has 0 saturated heterocycles. The molecule has 0 atom stereocenters. The van der Waals surface area contributed by atoms with Crippen molar-refractivity contribution in [1.82, 2.24) is 24.7 Å². The summed E-state index contributed by atoms with van der Waals surface area (Å²) < 4.78 is 2.12. The molecular weight excluding hydrogens is 402 g/mol. The van der Waals surface area contributed by atoms with E-state index in [1.165, 1.54) is 11.1 Å². The molecular formula is C25H21N5S.